The van der Waals surface area contributed by atoms with Gasteiger partial charge >= 0.3 is 6.18 Å². The summed E-state index contributed by atoms with van der Waals surface area (Å²) in [5.41, 5.74) is 2.49. The highest BCUT2D eigenvalue weighted by atomic mass is 19.4. The van der Waals surface area contributed by atoms with Crippen molar-refractivity contribution >= 4 is 0 Å². The number of hydrogen-bond donors (Lipinski definition) is 1. The molecule has 0 amide bonds. The Kier molecular flexibility index (Phi) is 4.31. The van der Waals surface area contributed by atoms with E-state index in [0.29, 0.717) is 6.61 Å². The number of hydrogen-bond acceptors (Lipinski definition) is 2. The summed E-state index contributed by atoms with van der Waals surface area (Å²) in [5.74, 6) is 0.833. The maximum absolute atomic E-state index is 12.7. The molecule has 1 heterocycles. The highest BCUT2D eigenvalue weighted by molar-refractivity contribution is 5.44. The van der Waals surface area contributed by atoms with Crippen LogP contribution in [0, 0.1) is 0 Å². The predicted molar refractivity (Wildman–Crippen MR) is 82.6 cm³/mol. The van der Waals surface area contributed by atoms with E-state index in [0.717, 1.165) is 42.0 Å². The van der Waals surface area contributed by atoms with Gasteiger partial charge in [-0.05, 0) is 54.3 Å². The van der Waals surface area contributed by atoms with Crippen molar-refractivity contribution in [3.05, 3.63) is 64.7 Å². The third-order valence-corrected chi connectivity index (χ3v) is 4.05. The summed E-state index contributed by atoms with van der Waals surface area (Å²) in [5, 5.41) is 3.38. The molecule has 0 radical (unpaired) electrons. The number of benzene rings is 2. The monoisotopic (exact) mass is 321 g/mol. The average Bonchev–Trinajstić information content (AvgIpc) is 2.54. The minimum Gasteiger partial charge on any atom is -0.494 e. The van der Waals surface area contributed by atoms with Gasteiger partial charge in [0.15, 0.2) is 0 Å². The Morgan fingerprint density at radius 1 is 1.13 bits per heavy atom. The van der Waals surface area contributed by atoms with Crippen molar-refractivity contribution in [3.8, 4) is 5.75 Å². The smallest absolute Gasteiger partial charge is 0.416 e. The van der Waals surface area contributed by atoms with E-state index in [9.17, 15) is 13.2 Å². The molecule has 0 bridgehead atoms. The Labute approximate surface area is 133 Å². The van der Waals surface area contributed by atoms with Crippen molar-refractivity contribution in [2.75, 3.05) is 13.2 Å². The van der Waals surface area contributed by atoms with Crippen LogP contribution in [-0.2, 0) is 12.6 Å². The first-order valence-corrected chi connectivity index (χ1v) is 7.65. The number of nitrogens with one attached hydrogen (secondary N) is 1. The van der Waals surface area contributed by atoms with Gasteiger partial charge in [-0.1, -0.05) is 18.2 Å². The lowest BCUT2D eigenvalue weighted by Crippen LogP contribution is -2.30. The summed E-state index contributed by atoms with van der Waals surface area (Å²) in [4.78, 5) is 0. The zero-order valence-corrected chi connectivity index (χ0v) is 12.8. The van der Waals surface area contributed by atoms with E-state index < -0.39 is 11.7 Å². The van der Waals surface area contributed by atoms with E-state index in [2.05, 4.69) is 5.32 Å². The summed E-state index contributed by atoms with van der Waals surface area (Å²) < 4.78 is 43.6. The first-order chi connectivity index (χ1) is 11.0. The fourth-order valence-corrected chi connectivity index (χ4v) is 2.96. The van der Waals surface area contributed by atoms with Crippen molar-refractivity contribution in [1.29, 1.82) is 0 Å². The molecule has 0 aromatic heterocycles. The molecule has 1 aliphatic heterocycles. The normalized spacial score (nSPS) is 17.7. The van der Waals surface area contributed by atoms with Crippen molar-refractivity contribution in [3.63, 3.8) is 0 Å². The minimum atomic E-state index is -4.30. The zero-order valence-electron chi connectivity index (χ0n) is 12.8. The van der Waals surface area contributed by atoms with Crippen LogP contribution in [0.25, 0.3) is 0 Å². The molecule has 1 unspecified atom stereocenters. The average molecular weight is 321 g/mol. The standard InChI is InChI=1S/C18H18F3NO/c1-2-23-15-7-8-16-13(11-15)9-10-22-17(16)12-3-5-14(6-4-12)18(19,20)21/h3-8,11,17,22H,2,9-10H2,1H3. The predicted octanol–water partition coefficient (Wildman–Crippen LogP) is 4.34. The molecule has 1 atom stereocenters. The molecular formula is C18H18F3NO. The van der Waals surface area contributed by atoms with Crippen LogP contribution >= 0.6 is 0 Å². The van der Waals surface area contributed by atoms with Crippen LogP contribution in [0.5, 0.6) is 5.75 Å². The van der Waals surface area contributed by atoms with Gasteiger partial charge in [-0.15, -0.1) is 0 Å². The van der Waals surface area contributed by atoms with Gasteiger partial charge in [-0.3, -0.25) is 0 Å². The van der Waals surface area contributed by atoms with Gasteiger partial charge in [-0.25, -0.2) is 0 Å². The number of halogens is 3. The van der Waals surface area contributed by atoms with E-state index in [1.165, 1.54) is 5.56 Å². The van der Waals surface area contributed by atoms with Crippen LogP contribution in [0.15, 0.2) is 42.5 Å². The maximum atomic E-state index is 12.7. The largest absolute Gasteiger partial charge is 0.494 e. The van der Waals surface area contributed by atoms with Crippen LogP contribution in [0.3, 0.4) is 0 Å². The van der Waals surface area contributed by atoms with Crippen LogP contribution in [0.4, 0.5) is 13.2 Å². The summed E-state index contributed by atoms with van der Waals surface area (Å²) in [7, 11) is 0. The molecule has 0 saturated heterocycles. The quantitative estimate of drug-likeness (QED) is 0.908. The molecule has 0 spiro atoms. The molecule has 3 rings (SSSR count). The number of rotatable bonds is 3. The number of ether oxygens (including phenoxy) is 1. The molecule has 1 aliphatic rings. The maximum Gasteiger partial charge on any atom is 0.416 e. The fourth-order valence-electron chi connectivity index (χ4n) is 2.96. The summed E-state index contributed by atoms with van der Waals surface area (Å²) >= 11 is 0. The van der Waals surface area contributed by atoms with Gasteiger partial charge in [-0.2, -0.15) is 13.2 Å². The molecule has 0 aliphatic carbocycles. The lowest BCUT2D eigenvalue weighted by molar-refractivity contribution is -0.137. The summed E-state index contributed by atoms with van der Waals surface area (Å²) in [6.45, 7) is 3.33. The van der Waals surface area contributed by atoms with Gasteiger partial charge in [0.2, 0.25) is 0 Å². The highest BCUT2D eigenvalue weighted by Gasteiger charge is 2.30. The molecule has 0 fully saturated rings. The first-order valence-electron chi connectivity index (χ1n) is 7.65. The van der Waals surface area contributed by atoms with Gasteiger partial charge in [0, 0.05) is 6.54 Å². The second kappa shape index (κ2) is 6.24. The zero-order chi connectivity index (χ0) is 16.4. The second-order valence-corrected chi connectivity index (χ2v) is 5.55. The van der Waals surface area contributed by atoms with Gasteiger partial charge < -0.3 is 10.1 Å². The van der Waals surface area contributed by atoms with Gasteiger partial charge in [0.25, 0.3) is 0 Å². The number of alkyl halides is 3. The van der Waals surface area contributed by atoms with Gasteiger partial charge in [0.05, 0.1) is 18.2 Å². The Morgan fingerprint density at radius 3 is 2.52 bits per heavy atom. The van der Waals surface area contributed by atoms with Crippen molar-refractivity contribution in [1.82, 2.24) is 5.32 Å². The molecular weight excluding hydrogens is 303 g/mol. The molecule has 5 heteroatoms. The SMILES string of the molecule is CCOc1ccc2c(c1)CCNC2c1ccc(C(F)(F)F)cc1. The van der Waals surface area contributed by atoms with Gasteiger partial charge in [0.1, 0.15) is 5.75 Å². The molecule has 0 saturated carbocycles. The molecule has 23 heavy (non-hydrogen) atoms. The summed E-state index contributed by atoms with van der Waals surface area (Å²) in [6, 6.07) is 11.2. The first kappa shape index (κ1) is 15.9. The molecule has 2 aromatic rings. The van der Waals surface area contributed by atoms with E-state index in [1.54, 1.807) is 12.1 Å². The van der Waals surface area contributed by atoms with Crippen molar-refractivity contribution in [2.45, 2.75) is 25.6 Å². The van der Waals surface area contributed by atoms with E-state index in [4.69, 9.17) is 4.74 Å². The third-order valence-electron chi connectivity index (χ3n) is 4.05. The minimum absolute atomic E-state index is 0.0864. The Morgan fingerprint density at radius 2 is 1.87 bits per heavy atom. The van der Waals surface area contributed by atoms with E-state index in [1.807, 2.05) is 25.1 Å². The molecule has 122 valence electrons. The molecule has 2 aromatic carbocycles. The fraction of sp³-hybridized carbons (Fsp3) is 0.333. The highest BCUT2D eigenvalue weighted by Crippen LogP contribution is 2.34. The van der Waals surface area contributed by atoms with Crippen LogP contribution in [0.1, 0.15) is 35.2 Å². The molecule has 1 N–H and O–H groups in total. The lowest BCUT2D eigenvalue weighted by Gasteiger charge is -2.28. The van der Waals surface area contributed by atoms with Crippen LogP contribution in [-0.4, -0.2) is 13.2 Å². The summed E-state index contributed by atoms with van der Waals surface area (Å²) in [6.07, 6.45) is -3.42. The van der Waals surface area contributed by atoms with Crippen LogP contribution in [0.2, 0.25) is 0 Å². The Hall–Kier alpha value is -2.01. The number of fused-ring (bicyclic) bond motifs is 1. The third kappa shape index (κ3) is 3.34. The van der Waals surface area contributed by atoms with Crippen molar-refractivity contribution < 1.29 is 17.9 Å². The van der Waals surface area contributed by atoms with Crippen LogP contribution < -0.4 is 10.1 Å². The molecule has 2 nitrogen and oxygen atoms in total. The van der Waals surface area contributed by atoms with E-state index in [-0.39, 0.29) is 6.04 Å². The Balaban J connectivity index is 1.91. The second-order valence-electron chi connectivity index (χ2n) is 5.55. The topological polar surface area (TPSA) is 21.3 Å². The van der Waals surface area contributed by atoms with E-state index >= 15 is 0 Å². The lowest BCUT2D eigenvalue weighted by atomic mass is 9.89. The Bertz CT molecular complexity index is 680. The van der Waals surface area contributed by atoms with Crippen molar-refractivity contribution in [2.24, 2.45) is 0 Å².